The van der Waals surface area contributed by atoms with Gasteiger partial charge in [0.2, 0.25) is 0 Å². The Balaban J connectivity index is 1.78. The summed E-state index contributed by atoms with van der Waals surface area (Å²) in [5.41, 5.74) is 1.37. The van der Waals surface area contributed by atoms with Gasteiger partial charge in [-0.25, -0.2) is 0 Å². The predicted molar refractivity (Wildman–Crippen MR) is 82.6 cm³/mol. The summed E-state index contributed by atoms with van der Waals surface area (Å²) >= 11 is 1.91. The minimum atomic E-state index is 0.354. The molecule has 0 bridgehead atoms. The van der Waals surface area contributed by atoms with Crippen molar-refractivity contribution in [1.29, 1.82) is 0 Å². The van der Waals surface area contributed by atoms with E-state index >= 15 is 0 Å². The van der Waals surface area contributed by atoms with Crippen molar-refractivity contribution in [2.75, 3.05) is 0 Å². The predicted octanol–water partition coefficient (Wildman–Crippen LogP) is 4.26. The minimum Gasteiger partial charge on any atom is -0.374 e. The normalized spacial score (nSPS) is 17.1. The molecule has 2 rings (SSSR count). The molecule has 0 saturated heterocycles. The van der Waals surface area contributed by atoms with Crippen LogP contribution < -0.4 is 5.32 Å². The average molecular weight is 281 g/mol. The van der Waals surface area contributed by atoms with Crippen LogP contribution in [0.3, 0.4) is 0 Å². The van der Waals surface area contributed by atoms with Crippen molar-refractivity contribution in [2.45, 2.75) is 72.3 Å². The van der Waals surface area contributed by atoms with Gasteiger partial charge in [-0.15, -0.1) is 11.3 Å². The Bertz CT molecular complexity index is 395. The maximum absolute atomic E-state index is 5.96. The van der Waals surface area contributed by atoms with Crippen LogP contribution in [-0.4, -0.2) is 12.1 Å². The van der Waals surface area contributed by atoms with Crippen LogP contribution in [0.2, 0.25) is 0 Å². The molecular formula is C16H27NOS. The molecule has 1 atom stereocenters. The van der Waals surface area contributed by atoms with Crippen molar-refractivity contribution in [3.8, 4) is 0 Å². The summed E-state index contributed by atoms with van der Waals surface area (Å²) in [6.07, 6.45) is 4.20. The largest absolute Gasteiger partial charge is 0.374 e. The van der Waals surface area contributed by atoms with Crippen molar-refractivity contribution in [3.63, 3.8) is 0 Å². The van der Waals surface area contributed by atoms with Gasteiger partial charge in [0, 0.05) is 22.3 Å². The first-order valence-corrected chi connectivity index (χ1v) is 8.29. The summed E-state index contributed by atoms with van der Waals surface area (Å²) in [7, 11) is 0. The van der Waals surface area contributed by atoms with Gasteiger partial charge in [-0.1, -0.05) is 13.8 Å². The van der Waals surface area contributed by atoms with Gasteiger partial charge >= 0.3 is 0 Å². The fourth-order valence-electron chi connectivity index (χ4n) is 2.31. The molecule has 2 nitrogen and oxygen atoms in total. The molecule has 1 heterocycles. The van der Waals surface area contributed by atoms with E-state index in [-0.39, 0.29) is 0 Å². The third-order valence-electron chi connectivity index (χ3n) is 3.54. The van der Waals surface area contributed by atoms with E-state index in [2.05, 4.69) is 39.1 Å². The maximum Gasteiger partial charge on any atom is 0.0731 e. The van der Waals surface area contributed by atoms with Crippen molar-refractivity contribution in [2.24, 2.45) is 5.92 Å². The van der Waals surface area contributed by atoms with Crippen LogP contribution >= 0.6 is 11.3 Å². The van der Waals surface area contributed by atoms with E-state index in [0.29, 0.717) is 12.0 Å². The number of aryl methyl sites for hydroxylation is 1. The van der Waals surface area contributed by atoms with Gasteiger partial charge in [-0.05, 0) is 50.7 Å². The number of ether oxygens (including phenoxy) is 1. The van der Waals surface area contributed by atoms with Gasteiger partial charge in [-0.3, -0.25) is 0 Å². The van der Waals surface area contributed by atoms with Crippen molar-refractivity contribution in [1.82, 2.24) is 5.32 Å². The molecule has 1 aliphatic rings. The SMILES string of the molecule is Cc1sc(CNC2CC2)cc1COC(C)CC(C)C. The van der Waals surface area contributed by atoms with E-state index in [4.69, 9.17) is 4.74 Å². The summed E-state index contributed by atoms with van der Waals surface area (Å²) in [6.45, 7) is 10.7. The lowest BCUT2D eigenvalue weighted by atomic mass is 10.1. The molecule has 1 aliphatic carbocycles. The molecular weight excluding hydrogens is 254 g/mol. The first-order valence-electron chi connectivity index (χ1n) is 7.47. The van der Waals surface area contributed by atoms with E-state index < -0.39 is 0 Å². The van der Waals surface area contributed by atoms with Gasteiger partial charge in [0.25, 0.3) is 0 Å². The van der Waals surface area contributed by atoms with Crippen LogP contribution in [0.15, 0.2) is 6.07 Å². The van der Waals surface area contributed by atoms with E-state index in [9.17, 15) is 0 Å². The highest BCUT2D eigenvalue weighted by molar-refractivity contribution is 7.12. The van der Waals surface area contributed by atoms with Crippen molar-refractivity contribution >= 4 is 11.3 Å². The Morgan fingerprint density at radius 2 is 2.11 bits per heavy atom. The topological polar surface area (TPSA) is 21.3 Å². The van der Waals surface area contributed by atoms with Crippen LogP contribution in [-0.2, 0) is 17.9 Å². The number of rotatable bonds is 8. The maximum atomic E-state index is 5.96. The second kappa shape index (κ2) is 6.87. The molecule has 3 heteroatoms. The molecule has 1 unspecified atom stereocenters. The van der Waals surface area contributed by atoms with Gasteiger partial charge < -0.3 is 10.1 Å². The van der Waals surface area contributed by atoms with Gasteiger partial charge in [0.1, 0.15) is 0 Å². The number of hydrogen-bond acceptors (Lipinski definition) is 3. The Morgan fingerprint density at radius 3 is 2.74 bits per heavy atom. The number of hydrogen-bond donors (Lipinski definition) is 1. The second-order valence-electron chi connectivity index (χ2n) is 6.20. The first kappa shape index (κ1) is 15.0. The Morgan fingerprint density at radius 1 is 1.37 bits per heavy atom. The van der Waals surface area contributed by atoms with E-state index in [1.165, 1.54) is 28.2 Å². The van der Waals surface area contributed by atoms with Crippen molar-refractivity contribution < 1.29 is 4.74 Å². The zero-order valence-electron chi connectivity index (χ0n) is 12.7. The fourth-order valence-corrected chi connectivity index (χ4v) is 3.31. The molecule has 0 spiro atoms. The monoisotopic (exact) mass is 281 g/mol. The molecule has 1 saturated carbocycles. The summed E-state index contributed by atoms with van der Waals surface area (Å²) in [5.74, 6) is 0.705. The van der Waals surface area contributed by atoms with Crippen LogP contribution in [0.4, 0.5) is 0 Å². The molecule has 0 aliphatic heterocycles. The summed E-state index contributed by atoms with van der Waals surface area (Å²) in [4.78, 5) is 2.85. The van der Waals surface area contributed by atoms with Crippen LogP contribution in [0, 0.1) is 12.8 Å². The molecule has 0 amide bonds. The van der Waals surface area contributed by atoms with E-state index in [1.54, 1.807) is 0 Å². The highest BCUT2D eigenvalue weighted by atomic mass is 32.1. The Labute approximate surface area is 121 Å². The zero-order chi connectivity index (χ0) is 13.8. The van der Waals surface area contributed by atoms with Crippen LogP contribution in [0.25, 0.3) is 0 Å². The lowest BCUT2D eigenvalue weighted by Gasteiger charge is -2.14. The molecule has 1 aromatic heterocycles. The molecule has 19 heavy (non-hydrogen) atoms. The molecule has 1 fully saturated rings. The summed E-state index contributed by atoms with van der Waals surface area (Å²) in [5, 5.41) is 3.57. The Kier molecular flexibility index (Phi) is 5.43. The van der Waals surface area contributed by atoms with Gasteiger partial charge in [0.15, 0.2) is 0 Å². The van der Waals surface area contributed by atoms with Gasteiger partial charge in [0.05, 0.1) is 12.7 Å². The molecule has 1 N–H and O–H groups in total. The van der Waals surface area contributed by atoms with Crippen LogP contribution in [0.5, 0.6) is 0 Å². The smallest absolute Gasteiger partial charge is 0.0731 e. The molecule has 0 radical (unpaired) electrons. The lowest BCUT2D eigenvalue weighted by Crippen LogP contribution is -2.14. The molecule has 108 valence electrons. The van der Waals surface area contributed by atoms with Crippen molar-refractivity contribution in [3.05, 3.63) is 21.4 Å². The Hall–Kier alpha value is -0.380. The molecule has 0 aromatic carbocycles. The minimum absolute atomic E-state index is 0.354. The standard InChI is InChI=1S/C16H27NOS/c1-11(2)7-12(3)18-10-14-8-16(19-13(14)4)9-17-15-5-6-15/h8,11-12,15,17H,5-7,9-10H2,1-4H3. The third-order valence-corrected chi connectivity index (χ3v) is 4.63. The van der Waals surface area contributed by atoms with Gasteiger partial charge in [-0.2, -0.15) is 0 Å². The summed E-state index contributed by atoms with van der Waals surface area (Å²) in [6, 6.07) is 3.10. The highest BCUT2D eigenvalue weighted by Gasteiger charge is 2.20. The number of nitrogens with one attached hydrogen (secondary N) is 1. The van der Waals surface area contributed by atoms with Crippen LogP contribution in [0.1, 0.15) is 55.4 Å². The zero-order valence-corrected chi connectivity index (χ0v) is 13.5. The lowest BCUT2D eigenvalue weighted by molar-refractivity contribution is 0.0396. The fraction of sp³-hybridized carbons (Fsp3) is 0.750. The van der Waals surface area contributed by atoms with E-state index in [1.807, 2.05) is 11.3 Å². The second-order valence-corrected chi connectivity index (χ2v) is 7.54. The highest BCUT2D eigenvalue weighted by Crippen LogP contribution is 2.25. The average Bonchev–Trinajstić information content (AvgIpc) is 3.08. The first-order chi connectivity index (χ1) is 9.04. The number of thiophene rings is 1. The summed E-state index contributed by atoms with van der Waals surface area (Å²) < 4.78 is 5.96. The quantitative estimate of drug-likeness (QED) is 0.768. The van der Waals surface area contributed by atoms with E-state index in [0.717, 1.165) is 25.6 Å². The molecule has 1 aromatic rings. The third kappa shape index (κ3) is 5.25.